The maximum atomic E-state index is 12.1. The Morgan fingerprint density at radius 1 is 1.19 bits per heavy atom. The van der Waals surface area contributed by atoms with Crippen molar-refractivity contribution in [1.29, 1.82) is 0 Å². The lowest BCUT2D eigenvalue weighted by atomic mass is 10.2. The van der Waals surface area contributed by atoms with Crippen LogP contribution in [-0.4, -0.2) is 26.4 Å². The van der Waals surface area contributed by atoms with Gasteiger partial charge in [-0.15, -0.1) is 21.5 Å². The first-order valence-electron chi connectivity index (χ1n) is 8.68. The number of hydrogen-bond acceptors (Lipinski definition) is 5. The molecular formula is C19H20N4OS2. The molecule has 2 heterocycles. The van der Waals surface area contributed by atoms with E-state index in [1.54, 1.807) is 11.3 Å². The number of amides is 1. The van der Waals surface area contributed by atoms with Crippen LogP contribution < -0.4 is 5.32 Å². The number of carbonyl (C=O) groups is 1. The average molecular weight is 385 g/mol. The number of thioether (sulfide) groups is 1. The molecule has 134 valence electrons. The van der Waals surface area contributed by atoms with Gasteiger partial charge in [0.15, 0.2) is 5.16 Å². The summed E-state index contributed by atoms with van der Waals surface area (Å²) in [6.07, 6.45) is 2.36. The zero-order valence-corrected chi connectivity index (χ0v) is 15.9. The van der Waals surface area contributed by atoms with E-state index in [1.165, 1.54) is 30.2 Å². The van der Waals surface area contributed by atoms with E-state index in [1.807, 2.05) is 35.7 Å². The summed E-state index contributed by atoms with van der Waals surface area (Å²) in [4.78, 5) is 13.3. The number of nitrogens with one attached hydrogen (secondary N) is 1. The molecule has 4 rings (SSSR count). The first-order chi connectivity index (χ1) is 12.8. The maximum Gasteiger partial charge on any atom is 0.230 e. The number of benzene rings is 1. The molecule has 7 heteroatoms. The summed E-state index contributed by atoms with van der Waals surface area (Å²) in [7, 11) is 0. The van der Waals surface area contributed by atoms with Gasteiger partial charge in [-0.3, -0.25) is 4.79 Å². The van der Waals surface area contributed by atoms with Gasteiger partial charge in [0.2, 0.25) is 5.91 Å². The highest BCUT2D eigenvalue weighted by Gasteiger charge is 2.30. The molecule has 3 aromatic rings. The molecule has 2 aromatic heterocycles. The number of aromatic nitrogens is 3. The monoisotopic (exact) mass is 384 g/mol. The van der Waals surface area contributed by atoms with E-state index < -0.39 is 0 Å². The van der Waals surface area contributed by atoms with Crippen molar-refractivity contribution in [3.63, 3.8) is 0 Å². The first-order valence-corrected chi connectivity index (χ1v) is 10.5. The topological polar surface area (TPSA) is 59.8 Å². The van der Waals surface area contributed by atoms with Gasteiger partial charge in [-0.1, -0.05) is 48.2 Å². The van der Waals surface area contributed by atoms with E-state index in [0.29, 0.717) is 18.2 Å². The number of carbonyl (C=O) groups excluding carboxylic acids is 1. The van der Waals surface area contributed by atoms with Crippen molar-refractivity contribution in [2.45, 2.75) is 37.0 Å². The predicted octanol–water partition coefficient (Wildman–Crippen LogP) is 3.67. The van der Waals surface area contributed by atoms with Crippen LogP contribution in [0.1, 0.15) is 35.0 Å². The summed E-state index contributed by atoms with van der Waals surface area (Å²) in [5, 5.41) is 14.6. The Morgan fingerprint density at radius 2 is 2.04 bits per heavy atom. The van der Waals surface area contributed by atoms with Crippen LogP contribution in [0.5, 0.6) is 0 Å². The van der Waals surface area contributed by atoms with Crippen molar-refractivity contribution in [2.75, 3.05) is 5.75 Å². The van der Waals surface area contributed by atoms with Crippen LogP contribution in [0, 0.1) is 0 Å². The largest absolute Gasteiger partial charge is 0.350 e. The second kappa shape index (κ2) is 8.05. The molecule has 1 aromatic carbocycles. The van der Waals surface area contributed by atoms with Gasteiger partial charge in [0.25, 0.3) is 0 Å². The zero-order valence-electron chi connectivity index (χ0n) is 14.3. The highest BCUT2D eigenvalue weighted by molar-refractivity contribution is 7.99. The molecule has 5 nitrogen and oxygen atoms in total. The highest BCUT2D eigenvalue weighted by atomic mass is 32.2. The maximum absolute atomic E-state index is 12.1. The SMILES string of the molecule is O=C(CSc1nnc(C2CC2)n1Cc1ccccc1)NCc1cccs1. The minimum atomic E-state index is 0.0191. The minimum Gasteiger partial charge on any atom is -0.350 e. The Kier molecular flexibility index (Phi) is 5.36. The Hall–Kier alpha value is -2.12. The lowest BCUT2D eigenvalue weighted by Crippen LogP contribution is -2.24. The molecule has 0 saturated heterocycles. The fourth-order valence-electron chi connectivity index (χ4n) is 2.74. The third-order valence-electron chi connectivity index (χ3n) is 4.24. The van der Waals surface area contributed by atoms with E-state index >= 15 is 0 Å². The van der Waals surface area contributed by atoms with Gasteiger partial charge in [0, 0.05) is 10.8 Å². The van der Waals surface area contributed by atoms with E-state index in [9.17, 15) is 4.79 Å². The van der Waals surface area contributed by atoms with Gasteiger partial charge in [-0.2, -0.15) is 0 Å². The van der Waals surface area contributed by atoms with Crippen LogP contribution >= 0.6 is 23.1 Å². The Labute approximate surface area is 160 Å². The summed E-state index contributed by atoms with van der Waals surface area (Å²) in [6, 6.07) is 14.3. The zero-order chi connectivity index (χ0) is 17.8. The van der Waals surface area contributed by atoms with Gasteiger partial charge < -0.3 is 9.88 Å². The molecule has 1 amide bonds. The molecule has 0 unspecified atom stereocenters. The van der Waals surface area contributed by atoms with Crippen LogP contribution in [0.3, 0.4) is 0 Å². The number of rotatable bonds is 8. The third kappa shape index (κ3) is 4.34. The van der Waals surface area contributed by atoms with Crippen molar-refractivity contribution < 1.29 is 4.79 Å². The van der Waals surface area contributed by atoms with Gasteiger partial charge in [-0.25, -0.2) is 0 Å². The van der Waals surface area contributed by atoms with Crippen LogP contribution in [0.4, 0.5) is 0 Å². The van der Waals surface area contributed by atoms with E-state index in [4.69, 9.17) is 0 Å². The normalized spacial score (nSPS) is 13.7. The summed E-state index contributed by atoms with van der Waals surface area (Å²) >= 11 is 3.11. The lowest BCUT2D eigenvalue weighted by molar-refractivity contribution is -0.118. The minimum absolute atomic E-state index is 0.0191. The van der Waals surface area contributed by atoms with E-state index in [2.05, 4.69) is 32.2 Å². The van der Waals surface area contributed by atoms with Crippen LogP contribution in [0.2, 0.25) is 0 Å². The Morgan fingerprint density at radius 3 is 2.77 bits per heavy atom. The number of thiophene rings is 1. The van der Waals surface area contributed by atoms with Crippen molar-refractivity contribution in [1.82, 2.24) is 20.1 Å². The second-order valence-electron chi connectivity index (χ2n) is 6.33. The van der Waals surface area contributed by atoms with Crippen molar-refractivity contribution in [3.8, 4) is 0 Å². The molecule has 0 spiro atoms. The van der Waals surface area contributed by atoms with Crippen molar-refractivity contribution >= 4 is 29.0 Å². The summed E-state index contributed by atoms with van der Waals surface area (Å²) in [5.41, 5.74) is 1.22. The van der Waals surface area contributed by atoms with Crippen LogP contribution in [0.15, 0.2) is 53.0 Å². The van der Waals surface area contributed by atoms with Gasteiger partial charge in [-0.05, 0) is 29.9 Å². The molecule has 26 heavy (non-hydrogen) atoms. The lowest BCUT2D eigenvalue weighted by Gasteiger charge is -2.10. The summed E-state index contributed by atoms with van der Waals surface area (Å²) in [5.74, 6) is 1.94. The molecule has 0 radical (unpaired) electrons. The standard InChI is InChI=1S/C19H20N4OS2/c24-17(20-11-16-7-4-10-25-16)13-26-19-22-21-18(15-8-9-15)23(19)12-14-5-2-1-3-6-14/h1-7,10,15H,8-9,11-13H2,(H,20,24). The number of nitrogens with zero attached hydrogens (tertiary/aromatic N) is 3. The fourth-order valence-corrected chi connectivity index (χ4v) is 4.16. The van der Waals surface area contributed by atoms with E-state index in [-0.39, 0.29) is 5.91 Å². The first kappa shape index (κ1) is 17.3. The smallest absolute Gasteiger partial charge is 0.230 e. The summed E-state index contributed by atoms with van der Waals surface area (Å²) < 4.78 is 2.17. The quantitative estimate of drug-likeness (QED) is 0.602. The molecule has 0 atom stereocenters. The fraction of sp³-hybridized carbons (Fsp3) is 0.316. The second-order valence-corrected chi connectivity index (χ2v) is 8.31. The Balaban J connectivity index is 1.40. The van der Waals surface area contributed by atoms with Gasteiger partial charge in [0.05, 0.1) is 18.8 Å². The Bertz CT molecular complexity index is 857. The third-order valence-corrected chi connectivity index (χ3v) is 6.09. The van der Waals surface area contributed by atoms with Crippen LogP contribution in [0.25, 0.3) is 0 Å². The molecular weight excluding hydrogens is 364 g/mol. The highest BCUT2D eigenvalue weighted by Crippen LogP contribution is 2.40. The molecule has 1 N–H and O–H groups in total. The molecule has 1 aliphatic carbocycles. The molecule has 1 aliphatic rings. The molecule has 0 bridgehead atoms. The van der Waals surface area contributed by atoms with Crippen molar-refractivity contribution in [3.05, 3.63) is 64.1 Å². The van der Waals surface area contributed by atoms with Gasteiger partial charge >= 0.3 is 0 Å². The van der Waals surface area contributed by atoms with E-state index in [0.717, 1.165) is 22.4 Å². The summed E-state index contributed by atoms with van der Waals surface area (Å²) in [6.45, 7) is 1.33. The number of hydrogen-bond donors (Lipinski definition) is 1. The van der Waals surface area contributed by atoms with Crippen molar-refractivity contribution in [2.24, 2.45) is 0 Å². The molecule has 1 saturated carbocycles. The van der Waals surface area contributed by atoms with Crippen LogP contribution in [-0.2, 0) is 17.9 Å². The predicted molar refractivity (Wildman–Crippen MR) is 104 cm³/mol. The molecule has 0 aliphatic heterocycles. The average Bonchev–Trinajstić information content (AvgIpc) is 3.22. The molecule has 1 fully saturated rings. The van der Waals surface area contributed by atoms with Gasteiger partial charge in [0.1, 0.15) is 5.82 Å².